The summed E-state index contributed by atoms with van der Waals surface area (Å²) in [6, 6.07) is 16.5. The summed E-state index contributed by atoms with van der Waals surface area (Å²) in [5.41, 5.74) is 3.17. The molecule has 1 amide bonds. The molecule has 0 saturated heterocycles. The number of carbonyl (C=O) groups excluding carboxylic acids is 1. The fourth-order valence-electron chi connectivity index (χ4n) is 2.64. The lowest BCUT2D eigenvalue weighted by molar-refractivity contribution is 0.102. The van der Waals surface area contributed by atoms with E-state index in [0.29, 0.717) is 29.4 Å². The number of methoxy groups -OCH3 is 1. The van der Waals surface area contributed by atoms with Crippen molar-refractivity contribution in [3.8, 4) is 11.5 Å². The van der Waals surface area contributed by atoms with Crippen LogP contribution in [0, 0.1) is 0 Å². The topological polar surface area (TPSA) is 63.7 Å². The van der Waals surface area contributed by atoms with E-state index in [9.17, 15) is 4.79 Å². The number of hydrogen-bond acceptors (Lipinski definition) is 5. The number of ether oxygens (including phenoxy) is 2. The summed E-state index contributed by atoms with van der Waals surface area (Å²) in [5, 5.41) is 2.91. The Labute approximate surface area is 164 Å². The van der Waals surface area contributed by atoms with Gasteiger partial charge in [0.05, 0.1) is 7.11 Å². The zero-order chi connectivity index (χ0) is 19.9. The van der Waals surface area contributed by atoms with Gasteiger partial charge in [-0.2, -0.15) is 0 Å². The van der Waals surface area contributed by atoms with Crippen LogP contribution in [0.25, 0.3) is 0 Å². The monoisotopic (exact) mass is 377 g/mol. The third-order valence-electron chi connectivity index (χ3n) is 4.19. The van der Waals surface area contributed by atoms with E-state index in [4.69, 9.17) is 9.47 Å². The lowest BCUT2D eigenvalue weighted by Crippen LogP contribution is -2.14. The summed E-state index contributed by atoms with van der Waals surface area (Å²) in [4.78, 5) is 18.6. The molecule has 6 heteroatoms. The van der Waals surface area contributed by atoms with Crippen molar-refractivity contribution in [1.82, 2.24) is 4.98 Å². The van der Waals surface area contributed by atoms with Crippen LogP contribution in [0.5, 0.6) is 11.5 Å². The Hall–Kier alpha value is -3.54. The summed E-state index contributed by atoms with van der Waals surface area (Å²) in [6.07, 6.45) is 3.43. The molecule has 2 aromatic carbocycles. The summed E-state index contributed by atoms with van der Waals surface area (Å²) in [7, 11) is 5.46. The maximum atomic E-state index is 12.6. The second-order valence-electron chi connectivity index (χ2n) is 6.41. The van der Waals surface area contributed by atoms with Crippen LogP contribution in [-0.2, 0) is 6.61 Å². The second-order valence-corrected chi connectivity index (χ2v) is 6.41. The van der Waals surface area contributed by atoms with Crippen molar-refractivity contribution < 1.29 is 14.3 Å². The number of nitrogens with one attached hydrogen (secondary N) is 1. The summed E-state index contributed by atoms with van der Waals surface area (Å²) in [5.74, 6) is 0.967. The van der Waals surface area contributed by atoms with Crippen molar-refractivity contribution in [3.63, 3.8) is 0 Å². The molecular weight excluding hydrogens is 354 g/mol. The molecule has 0 atom stereocenters. The van der Waals surface area contributed by atoms with Gasteiger partial charge in [0.15, 0.2) is 11.5 Å². The minimum absolute atomic E-state index is 0.186. The summed E-state index contributed by atoms with van der Waals surface area (Å²) < 4.78 is 11.2. The number of nitrogens with zero attached hydrogens (tertiary/aromatic N) is 2. The van der Waals surface area contributed by atoms with E-state index in [1.165, 1.54) is 0 Å². The van der Waals surface area contributed by atoms with Gasteiger partial charge in [-0.1, -0.05) is 6.07 Å². The Bertz CT molecular complexity index is 943. The highest BCUT2D eigenvalue weighted by Gasteiger charge is 2.11. The minimum atomic E-state index is -0.186. The van der Waals surface area contributed by atoms with Gasteiger partial charge in [-0.15, -0.1) is 0 Å². The van der Waals surface area contributed by atoms with E-state index in [0.717, 1.165) is 11.3 Å². The number of anilines is 2. The molecule has 0 saturated carbocycles. The number of hydrogen-bond donors (Lipinski definition) is 1. The first-order valence-corrected chi connectivity index (χ1v) is 8.85. The van der Waals surface area contributed by atoms with Gasteiger partial charge in [0, 0.05) is 49.5 Å². The van der Waals surface area contributed by atoms with E-state index < -0.39 is 0 Å². The van der Waals surface area contributed by atoms with Gasteiger partial charge >= 0.3 is 0 Å². The number of rotatable bonds is 7. The molecule has 28 heavy (non-hydrogen) atoms. The predicted molar refractivity (Wildman–Crippen MR) is 110 cm³/mol. The van der Waals surface area contributed by atoms with Crippen molar-refractivity contribution in [1.29, 1.82) is 0 Å². The molecule has 0 spiro atoms. The molecule has 0 radical (unpaired) electrons. The third kappa shape index (κ3) is 4.79. The van der Waals surface area contributed by atoms with Gasteiger partial charge in [-0.3, -0.25) is 9.78 Å². The number of pyridine rings is 1. The van der Waals surface area contributed by atoms with Crippen LogP contribution < -0.4 is 19.7 Å². The van der Waals surface area contributed by atoms with Crippen LogP contribution in [0.3, 0.4) is 0 Å². The van der Waals surface area contributed by atoms with Gasteiger partial charge in [0.1, 0.15) is 6.61 Å². The van der Waals surface area contributed by atoms with E-state index in [2.05, 4.69) is 10.3 Å². The normalized spacial score (nSPS) is 10.2. The molecule has 1 heterocycles. The molecule has 6 nitrogen and oxygen atoms in total. The van der Waals surface area contributed by atoms with Gasteiger partial charge in [-0.05, 0) is 48.0 Å². The highest BCUT2D eigenvalue weighted by molar-refractivity contribution is 6.05. The number of carbonyl (C=O) groups is 1. The molecule has 0 bridgehead atoms. The van der Waals surface area contributed by atoms with Crippen molar-refractivity contribution in [2.45, 2.75) is 6.61 Å². The fourth-order valence-corrected chi connectivity index (χ4v) is 2.64. The number of amides is 1. The van der Waals surface area contributed by atoms with Crippen molar-refractivity contribution >= 4 is 17.3 Å². The highest BCUT2D eigenvalue weighted by atomic mass is 16.5. The van der Waals surface area contributed by atoms with Gasteiger partial charge in [-0.25, -0.2) is 0 Å². The Morgan fingerprint density at radius 2 is 1.82 bits per heavy atom. The fraction of sp³-hybridized carbons (Fsp3) is 0.182. The molecule has 144 valence electrons. The molecule has 3 aromatic rings. The molecule has 0 aliphatic heterocycles. The first-order chi connectivity index (χ1) is 13.6. The van der Waals surface area contributed by atoms with Crippen LogP contribution in [-0.4, -0.2) is 32.1 Å². The predicted octanol–water partition coefficient (Wildman–Crippen LogP) is 3.99. The lowest BCUT2D eigenvalue weighted by atomic mass is 10.1. The molecular formula is C22H23N3O3. The molecule has 1 N–H and O–H groups in total. The van der Waals surface area contributed by atoms with Gasteiger partial charge < -0.3 is 19.7 Å². The quantitative estimate of drug-likeness (QED) is 0.675. The molecule has 0 aliphatic rings. The van der Waals surface area contributed by atoms with Gasteiger partial charge in [0.2, 0.25) is 0 Å². The van der Waals surface area contributed by atoms with Crippen LogP contribution in [0.15, 0.2) is 67.0 Å². The number of benzene rings is 2. The second kappa shape index (κ2) is 8.90. The maximum Gasteiger partial charge on any atom is 0.255 e. The summed E-state index contributed by atoms with van der Waals surface area (Å²) >= 11 is 0. The van der Waals surface area contributed by atoms with E-state index in [-0.39, 0.29) is 5.91 Å². The SMILES string of the molecule is COc1ccc(NC(=O)c2cccc(N(C)C)c2)cc1OCc1ccncc1. The smallest absolute Gasteiger partial charge is 0.255 e. The Kier molecular flexibility index (Phi) is 6.11. The largest absolute Gasteiger partial charge is 0.493 e. The average molecular weight is 377 g/mol. The molecule has 0 aliphatic carbocycles. The molecule has 3 rings (SSSR count). The van der Waals surface area contributed by atoms with E-state index in [1.54, 1.807) is 43.8 Å². The minimum Gasteiger partial charge on any atom is -0.493 e. The van der Waals surface area contributed by atoms with Crippen LogP contribution >= 0.6 is 0 Å². The van der Waals surface area contributed by atoms with E-state index >= 15 is 0 Å². The molecule has 0 fully saturated rings. The third-order valence-corrected chi connectivity index (χ3v) is 4.19. The average Bonchev–Trinajstić information content (AvgIpc) is 2.73. The zero-order valence-corrected chi connectivity index (χ0v) is 16.2. The van der Waals surface area contributed by atoms with E-state index in [1.807, 2.05) is 49.3 Å². The molecule has 1 aromatic heterocycles. The molecule has 0 unspecified atom stereocenters. The first-order valence-electron chi connectivity index (χ1n) is 8.85. The van der Waals surface area contributed by atoms with Crippen LogP contribution in [0.4, 0.5) is 11.4 Å². The maximum absolute atomic E-state index is 12.6. The zero-order valence-electron chi connectivity index (χ0n) is 16.2. The summed E-state index contributed by atoms with van der Waals surface area (Å²) in [6.45, 7) is 0.376. The van der Waals surface area contributed by atoms with Crippen LogP contribution in [0.2, 0.25) is 0 Å². The Morgan fingerprint density at radius 3 is 2.54 bits per heavy atom. The Balaban J connectivity index is 1.75. The Morgan fingerprint density at radius 1 is 1.04 bits per heavy atom. The van der Waals surface area contributed by atoms with Crippen molar-refractivity contribution in [2.75, 3.05) is 31.4 Å². The standard InChI is InChI=1S/C22H23N3O3/c1-25(2)19-6-4-5-17(13-19)22(26)24-18-7-8-20(27-3)21(14-18)28-15-16-9-11-23-12-10-16/h4-14H,15H2,1-3H3,(H,24,26). The number of aromatic nitrogens is 1. The highest BCUT2D eigenvalue weighted by Crippen LogP contribution is 2.31. The first kappa shape index (κ1) is 19.2. The lowest BCUT2D eigenvalue weighted by Gasteiger charge is -2.15. The van der Waals surface area contributed by atoms with Crippen molar-refractivity contribution in [2.24, 2.45) is 0 Å². The van der Waals surface area contributed by atoms with Crippen molar-refractivity contribution in [3.05, 3.63) is 78.1 Å². The van der Waals surface area contributed by atoms with Gasteiger partial charge in [0.25, 0.3) is 5.91 Å². The van der Waals surface area contributed by atoms with Crippen LogP contribution in [0.1, 0.15) is 15.9 Å².